The van der Waals surface area contributed by atoms with E-state index in [0.717, 1.165) is 21.9 Å². The first-order chi connectivity index (χ1) is 22.4. The van der Waals surface area contributed by atoms with Crippen molar-refractivity contribution in [3.8, 4) is 17.2 Å². The molecule has 1 atom stereocenters. The number of rotatable bonds is 11. The fourth-order valence-electron chi connectivity index (χ4n) is 5.37. The van der Waals surface area contributed by atoms with E-state index in [2.05, 4.69) is 34.5 Å². The lowest BCUT2D eigenvalue weighted by atomic mass is 9.95. The number of fused-ring (bicyclic) bond motifs is 1. The molecule has 0 aliphatic carbocycles. The number of methoxy groups -OCH3 is 3. The molecule has 0 bridgehead atoms. The molecule has 0 saturated heterocycles. The first kappa shape index (κ1) is 30.9. The number of thioether (sulfide) groups is 1. The topological polar surface area (TPSA) is 111 Å². The van der Waals surface area contributed by atoms with Gasteiger partial charge in [0, 0.05) is 5.75 Å². The zero-order chi connectivity index (χ0) is 32.2. The van der Waals surface area contributed by atoms with Gasteiger partial charge in [-0.3, -0.25) is 14.5 Å². The zero-order valence-electron chi connectivity index (χ0n) is 25.2. The van der Waals surface area contributed by atoms with Crippen molar-refractivity contribution in [3.63, 3.8) is 0 Å². The molecule has 1 unspecified atom stereocenters. The summed E-state index contributed by atoms with van der Waals surface area (Å²) in [5, 5.41) is 22.4. The van der Waals surface area contributed by atoms with Gasteiger partial charge in [-0.15, -0.1) is 10.2 Å². The van der Waals surface area contributed by atoms with Crippen molar-refractivity contribution < 1.29 is 28.9 Å². The second-order valence-electron chi connectivity index (χ2n) is 10.2. The predicted molar refractivity (Wildman–Crippen MR) is 180 cm³/mol. The normalized spacial score (nSPS) is 14.8. The van der Waals surface area contributed by atoms with Crippen LogP contribution in [0.25, 0.3) is 16.8 Å². The Bertz CT molecular complexity index is 1960. The first-order valence-corrected chi connectivity index (χ1v) is 16.0. The third kappa shape index (κ3) is 5.94. The Kier molecular flexibility index (Phi) is 9.04. The van der Waals surface area contributed by atoms with E-state index >= 15 is 0 Å². The maximum atomic E-state index is 13.7. The van der Waals surface area contributed by atoms with E-state index in [1.165, 1.54) is 55.4 Å². The lowest BCUT2D eigenvalue weighted by molar-refractivity contribution is -0.117. The van der Waals surface area contributed by atoms with Gasteiger partial charge < -0.3 is 19.3 Å². The first-order valence-electron chi connectivity index (χ1n) is 14.2. The minimum atomic E-state index is -1.06. The Hall–Kier alpha value is -5.13. The number of amides is 1. The average molecular weight is 652 g/mol. The maximum absolute atomic E-state index is 13.7. The van der Waals surface area contributed by atoms with Crippen LogP contribution in [0.4, 0.5) is 5.13 Å². The van der Waals surface area contributed by atoms with E-state index in [-0.39, 0.29) is 10.7 Å². The summed E-state index contributed by atoms with van der Waals surface area (Å²) in [6.45, 7) is 0. The summed E-state index contributed by atoms with van der Waals surface area (Å²) in [5.74, 6) is -0.336. The summed E-state index contributed by atoms with van der Waals surface area (Å²) >= 11 is 2.70. The minimum Gasteiger partial charge on any atom is -0.503 e. The molecule has 0 radical (unpaired) electrons. The van der Waals surface area contributed by atoms with Crippen LogP contribution in [0.2, 0.25) is 0 Å². The van der Waals surface area contributed by atoms with Gasteiger partial charge in [-0.05, 0) is 45.7 Å². The summed E-state index contributed by atoms with van der Waals surface area (Å²) in [6.07, 6.45) is 2.98. The predicted octanol–water partition coefficient (Wildman–Crippen LogP) is 7.19. The number of hydrogen-bond donors (Lipinski definition) is 1. The number of allylic oxidation sites excluding steroid dienone is 1. The molecule has 1 aromatic heterocycles. The van der Waals surface area contributed by atoms with Crippen molar-refractivity contribution in [2.75, 3.05) is 26.2 Å². The number of aliphatic hydroxyl groups is 1. The van der Waals surface area contributed by atoms with E-state index in [1.54, 1.807) is 18.2 Å². The largest absolute Gasteiger partial charge is 0.503 e. The Morgan fingerprint density at radius 3 is 2.35 bits per heavy atom. The number of hydrogen-bond acceptors (Lipinski definition) is 10. The van der Waals surface area contributed by atoms with Crippen LogP contribution in [-0.4, -0.2) is 48.3 Å². The number of aromatic nitrogens is 2. The molecule has 0 saturated carbocycles. The highest BCUT2D eigenvalue weighted by Gasteiger charge is 2.46. The van der Waals surface area contributed by atoms with E-state index < -0.39 is 23.5 Å². The van der Waals surface area contributed by atoms with Gasteiger partial charge in [-0.1, -0.05) is 102 Å². The molecule has 0 fully saturated rings. The Balaban J connectivity index is 1.38. The quantitative estimate of drug-likeness (QED) is 0.0901. The van der Waals surface area contributed by atoms with Gasteiger partial charge in [0.2, 0.25) is 10.9 Å². The van der Waals surface area contributed by atoms with Gasteiger partial charge in [0.1, 0.15) is 0 Å². The number of carbonyl (C=O) groups excluding carboxylic acids is 2. The van der Waals surface area contributed by atoms with Crippen LogP contribution < -0.4 is 19.1 Å². The second-order valence-corrected chi connectivity index (χ2v) is 12.4. The van der Waals surface area contributed by atoms with Crippen LogP contribution in [0.3, 0.4) is 0 Å². The molecule has 1 N–H and O–H groups in total. The fraction of sp³-hybridized carbons (Fsp3) is 0.143. The SMILES string of the molecule is COc1cc(C2C(C(=O)/C=C/c3ccccc3)=C(O)C(=O)N2c2nnc(SCc3cccc4ccccc34)s2)cc(OC)c1OC. The van der Waals surface area contributed by atoms with Gasteiger partial charge in [-0.25, -0.2) is 0 Å². The average Bonchev–Trinajstić information content (AvgIpc) is 3.67. The number of anilines is 1. The summed E-state index contributed by atoms with van der Waals surface area (Å²) in [5.41, 5.74) is 2.28. The van der Waals surface area contributed by atoms with Crippen LogP contribution in [0, 0.1) is 0 Å². The lowest BCUT2D eigenvalue weighted by Gasteiger charge is -2.25. The van der Waals surface area contributed by atoms with Crippen molar-refractivity contribution in [1.82, 2.24) is 10.2 Å². The van der Waals surface area contributed by atoms with Gasteiger partial charge in [0.25, 0.3) is 5.91 Å². The Morgan fingerprint density at radius 1 is 0.935 bits per heavy atom. The molecule has 5 aromatic rings. The van der Waals surface area contributed by atoms with Crippen LogP contribution in [0.15, 0.2) is 107 Å². The summed E-state index contributed by atoms with van der Waals surface area (Å²) in [6, 6.07) is 25.9. The van der Waals surface area contributed by atoms with Crippen molar-refractivity contribution in [2.45, 2.75) is 16.1 Å². The van der Waals surface area contributed by atoms with Crippen molar-refractivity contribution >= 4 is 56.8 Å². The molecule has 0 spiro atoms. The van der Waals surface area contributed by atoms with Crippen molar-refractivity contribution in [2.24, 2.45) is 0 Å². The molecule has 9 nitrogen and oxygen atoms in total. The third-order valence-electron chi connectivity index (χ3n) is 7.54. The molecule has 6 rings (SSSR count). The minimum absolute atomic E-state index is 0.105. The van der Waals surface area contributed by atoms with Crippen molar-refractivity contribution in [3.05, 3.63) is 119 Å². The van der Waals surface area contributed by atoms with Crippen LogP contribution in [-0.2, 0) is 15.3 Å². The molecular weight excluding hydrogens is 623 g/mol. The molecule has 1 aliphatic rings. The molecule has 2 heterocycles. The smallest absolute Gasteiger partial charge is 0.296 e. The van der Waals surface area contributed by atoms with E-state index in [0.29, 0.717) is 32.9 Å². The molecule has 4 aromatic carbocycles. The lowest BCUT2D eigenvalue weighted by Crippen LogP contribution is -2.31. The second kappa shape index (κ2) is 13.5. The number of benzene rings is 4. The number of ketones is 1. The summed E-state index contributed by atoms with van der Waals surface area (Å²) < 4.78 is 17.3. The van der Waals surface area contributed by atoms with Crippen LogP contribution in [0.5, 0.6) is 17.2 Å². The zero-order valence-corrected chi connectivity index (χ0v) is 26.8. The molecule has 11 heteroatoms. The third-order valence-corrected chi connectivity index (χ3v) is 9.64. The van der Waals surface area contributed by atoms with Gasteiger partial charge >= 0.3 is 0 Å². The number of carbonyl (C=O) groups is 2. The maximum Gasteiger partial charge on any atom is 0.296 e. The monoisotopic (exact) mass is 651 g/mol. The number of aliphatic hydroxyl groups excluding tert-OH is 1. The van der Waals surface area contributed by atoms with Gasteiger partial charge in [0.15, 0.2) is 27.4 Å². The standard InChI is InChI=1S/C35H29N3O6S2/c1-42-27-18-24(19-28(43-2)32(27)44-3)30-29(26(39)17-16-21-10-5-4-6-11-21)31(40)33(41)38(30)34-36-37-35(46-34)45-20-23-14-9-13-22-12-7-8-15-25(22)23/h4-19,30,40H,20H2,1-3H3/b17-16+. The highest BCUT2D eigenvalue weighted by molar-refractivity contribution is 8.00. The number of ether oxygens (including phenoxy) is 3. The number of nitrogens with zero attached hydrogens (tertiary/aromatic N) is 3. The Labute approximate surface area is 273 Å². The van der Waals surface area contributed by atoms with Crippen molar-refractivity contribution in [1.29, 1.82) is 0 Å². The molecule has 46 heavy (non-hydrogen) atoms. The highest BCUT2D eigenvalue weighted by atomic mass is 32.2. The summed E-state index contributed by atoms with van der Waals surface area (Å²) in [4.78, 5) is 28.8. The van der Waals surface area contributed by atoms with Crippen LogP contribution >= 0.6 is 23.1 Å². The molecular formula is C35H29N3O6S2. The van der Waals surface area contributed by atoms with E-state index in [4.69, 9.17) is 14.2 Å². The highest BCUT2D eigenvalue weighted by Crippen LogP contribution is 2.47. The molecule has 232 valence electrons. The van der Waals surface area contributed by atoms with Crippen LogP contribution in [0.1, 0.15) is 22.7 Å². The van der Waals surface area contributed by atoms with E-state index in [9.17, 15) is 14.7 Å². The fourth-order valence-corrected chi connectivity index (χ4v) is 7.24. The van der Waals surface area contributed by atoms with Gasteiger partial charge in [-0.2, -0.15) is 0 Å². The van der Waals surface area contributed by atoms with E-state index in [1.807, 2.05) is 48.5 Å². The van der Waals surface area contributed by atoms with Gasteiger partial charge in [0.05, 0.1) is 32.9 Å². The Morgan fingerprint density at radius 2 is 1.63 bits per heavy atom. The molecule has 1 amide bonds. The molecule has 1 aliphatic heterocycles. The summed E-state index contributed by atoms with van der Waals surface area (Å²) in [7, 11) is 4.44.